The number of aromatic nitrogens is 2. The Hall–Kier alpha value is -2.29. The molecule has 3 heteroatoms. The number of carbonyl (C=O) groups excluding carboxylic acids is 1. The first-order chi connectivity index (χ1) is 11.6. The van der Waals surface area contributed by atoms with E-state index < -0.39 is 0 Å². The lowest BCUT2D eigenvalue weighted by Crippen LogP contribution is -2.30. The standard InChI is InChI=1S/C21H24N2O/c1-14(2)18-10-9-15(3)19(20(18)24)11-16-12-22-21(23-13-16)17-7-5-4-6-8-17/h4-8,11-15,18H,9-10H2,1-3H3/b19-11-. The fraction of sp³-hybridized carbons (Fsp3) is 0.381. The van der Waals surface area contributed by atoms with E-state index in [1.54, 1.807) is 12.4 Å². The molecule has 1 aliphatic rings. The molecule has 3 rings (SSSR count). The Bertz CT molecular complexity index is 732. The molecule has 3 nitrogen and oxygen atoms in total. The van der Waals surface area contributed by atoms with E-state index in [-0.39, 0.29) is 5.92 Å². The molecular formula is C21H24N2O. The molecule has 0 bridgehead atoms. The zero-order chi connectivity index (χ0) is 17.1. The topological polar surface area (TPSA) is 42.9 Å². The number of hydrogen-bond donors (Lipinski definition) is 0. The molecule has 1 saturated carbocycles. The number of benzene rings is 1. The summed E-state index contributed by atoms with van der Waals surface area (Å²) in [7, 11) is 0. The molecule has 1 heterocycles. The average molecular weight is 320 g/mol. The van der Waals surface area contributed by atoms with Crippen LogP contribution in [0.15, 0.2) is 48.3 Å². The first-order valence-electron chi connectivity index (χ1n) is 8.69. The summed E-state index contributed by atoms with van der Waals surface area (Å²) in [5, 5.41) is 0. The van der Waals surface area contributed by atoms with Crippen LogP contribution >= 0.6 is 0 Å². The Balaban J connectivity index is 1.86. The Morgan fingerprint density at radius 2 is 1.75 bits per heavy atom. The molecule has 0 radical (unpaired) electrons. The fourth-order valence-electron chi connectivity index (χ4n) is 3.35. The second-order valence-corrected chi connectivity index (χ2v) is 7.00. The van der Waals surface area contributed by atoms with E-state index in [1.807, 2.05) is 36.4 Å². The Morgan fingerprint density at radius 3 is 2.38 bits per heavy atom. The van der Waals surface area contributed by atoms with Crippen molar-refractivity contribution in [3.8, 4) is 11.4 Å². The molecule has 1 aliphatic carbocycles. The van der Waals surface area contributed by atoms with Gasteiger partial charge in [-0.1, -0.05) is 51.1 Å². The van der Waals surface area contributed by atoms with Crippen LogP contribution in [0, 0.1) is 17.8 Å². The van der Waals surface area contributed by atoms with Gasteiger partial charge in [-0.15, -0.1) is 0 Å². The van der Waals surface area contributed by atoms with Crippen molar-refractivity contribution in [2.24, 2.45) is 17.8 Å². The van der Waals surface area contributed by atoms with E-state index in [2.05, 4.69) is 30.7 Å². The normalized spacial score (nSPS) is 23.0. The quantitative estimate of drug-likeness (QED) is 0.763. The van der Waals surface area contributed by atoms with E-state index >= 15 is 0 Å². The monoisotopic (exact) mass is 320 g/mol. The molecule has 24 heavy (non-hydrogen) atoms. The summed E-state index contributed by atoms with van der Waals surface area (Å²) in [5.74, 6) is 1.86. The highest BCUT2D eigenvalue weighted by atomic mass is 16.1. The highest BCUT2D eigenvalue weighted by Gasteiger charge is 2.32. The molecule has 2 atom stereocenters. The minimum absolute atomic E-state index is 0.150. The SMILES string of the molecule is CC1CCC(C(C)C)C(=O)/C1=C\c1cnc(-c2ccccc2)nc1. The molecule has 0 amide bonds. The van der Waals surface area contributed by atoms with E-state index in [4.69, 9.17) is 0 Å². The summed E-state index contributed by atoms with van der Waals surface area (Å²) in [6.07, 6.45) is 7.67. The molecule has 2 aromatic rings. The third kappa shape index (κ3) is 3.45. The average Bonchev–Trinajstić information content (AvgIpc) is 2.59. The van der Waals surface area contributed by atoms with Gasteiger partial charge in [0.1, 0.15) is 0 Å². The number of carbonyl (C=O) groups is 1. The Morgan fingerprint density at radius 1 is 1.08 bits per heavy atom. The molecule has 0 saturated heterocycles. The zero-order valence-corrected chi connectivity index (χ0v) is 14.6. The van der Waals surface area contributed by atoms with E-state index in [0.717, 1.165) is 29.5 Å². The van der Waals surface area contributed by atoms with Crippen molar-refractivity contribution in [2.75, 3.05) is 0 Å². The van der Waals surface area contributed by atoms with Gasteiger partial charge in [0.2, 0.25) is 0 Å². The van der Waals surface area contributed by atoms with Gasteiger partial charge in [0.05, 0.1) is 0 Å². The van der Waals surface area contributed by atoms with Crippen LogP contribution in [0.1, 0.15) is 39.2 Å². The van der Waals surface area contributed by atoms with Gasteiger partial charge in [-0.2, -0.15) is 0 Å². The van der Waals surface area contributed by atoms with Crippen LogP contribution in [-0.2, 0) is 4.79 Å². The van der Waals surface area contributed by atoms with Gasteiger partial charge >= 0.3 is 0 Å². The minimum Gasteiger partial charge on any atom is -0.294 e. The summed E-state index contributed by atoms with van der Waals surface area (Å²) >= 11 is 0. The molecule has 124 valence electrons. The van der Waals surface area contributed by atoms with Gasteiger partial charge in [-0.3, -0.25) is 4.79 Å². The van der Waals surface area contributed by atoms with Gasteiger partial charge in [0.15, 0.2) is 11.6 Å². The third-order valence-corrected chi connectivity index (χ3v) is 4.89. The van der Waals surface area contributed by atoms with Crippen LogP contribution in [-0.4, -0.2) is 15.8 Å². The molecule has 1 aromatic heterocycles. The number of allylic oxidation sites excluding steroid dienone is 1. The van der Waals surface area contributed by atoms with Gasteiger partial charge in [-0.25, -0.2) is 9.97 Å². The maximum Gasteiger partial charge on any atom is 0.162 e. The highest BCUT2D eigenvalue weighted by molar-refractivity contribution is 6.02. The van der Waals surface area contributed by atoms with Crippen molar-refractivity contribution in [3.05, 3.63) is 53.9 Å². The summed E-state index contributed by atoms with van der Waals surface area (Å²) < 4.78 is 0. The van der Waals surface area contributed by atoms with Gasteiger partial charge in [-0.05, 0) is 36.3 Å². The molecule has 0 aliphatic heterocycles. The lowest BCUT2D eigenvalue weighted by molar-refractivity contribution is -0.122. The number of hydrogen-bond acceptors (Lipinski definition) is 3. The second-order valence-electron chi connectivity index (χ2n) is 7.00. The van der Waals surface area contributed by atoms with Crippen molar-refractivity contribution in [1.82, 2.24) is 9.97 Å². The van der Waals surface area contributed by atoms with Gasteiger partial charge in [0.25, 0.3) is 0 Å². The highest BCUT2D eigenvalue weighted by Crippen LogP contribution is 2.35. The molecule has 2 unspecified atom stereocenters. The Labute approximate surface area is 143 Å². The van der Waals surface area contributed by atoms with E-state index in [1.165, 1.54) is 0 Å². The molecular weight excluding hydrogens is 296 g/mol. The third-order valence-electron chi connectivity index (χ3n) is 4.89. The lowest BCUT2D eigenvalue weighted by atomic mass is 9.73. The van der Waals surface area contributed by atoms with Crippen LogP contribution in [0.25, 0.3) is 17.5 Å². The van der Waals surface area contributed by atoms with Crippen LogP contribution in [0.5, 0.6) is 0 Å². The molecule has 0 spiro atoms. The first kappa shape index (κ1) is 16.6. The maximum absolute atomic E-state index is 12.8. The fourth-order valence-corrected chi connectivity index (χ4v) is 3.35. The maximum atomic E-state index is 12.8. The summed E-state index contributed by atoms with van der Waals surface area (Å²) in [5.41, 5.74) is 2.82. The van der Waals surface area contributed by atoms with Crippen molar-refractivity contribution >= 4 is 11.9 Å². The van der Waals surface area contributed by atoms with Crippen LogP contribution in [0.3, 0.4) is 0 Å². The summed E-state index contributed by atoms with van der Waals surface area (Å²) in [6, 6.07) is 9.91. The number of nitrogens with zero attached hydrogens (tertiary/aromatic N) is 2. The lowest BCUT2D eigenvalue weighted by Gasteiger charge is -2.30. The van der Waals surface area contributed by atoms with Crippen molar-refractivity contribution < 1.29 is 4.79 Å². The predicted octanol–water partition coefficient (Wildman–Crippen LogP) is 4.80. The van der Waals surface area contributed by atoms with Crippen molar-refractivity contribution in [3.63, 3.8) is 0 Å². The summed E-state index contributed by atoms with van der Waals surface area (Å²) in [4.78, 5) is 21.7. The predicted molar refractivity (Wildman–Crippen MR) is 97.2 cm³/mol. The summed E-state index contributed by atoms with van der Waals surface area (Å²) in [6.45, 7) is 6.40. The van der Waals surface area contributed by atoms with Crippen LogP contribution in [0.2, 0.25) is 0 Å². The zero-order valence-electron chi connectivity index (χ0n) is 14.6. The second kappa shape index (κ2) is 7.08. The molecule has 1 aromatic carbocycles. The smallest absolute Gasteiger partial charge is 0.162 e. The molecule has 0 N–H and O–H groups in total. The number of Topliss-reactive ketones (excluding diaryl/α,β-unsaturated/α-hetero) is 1. The van der Waals surface area contributed by atoms with Crippen molar-refractivity contribution in [2.45, 2.75) is 33.6 Å². The molecule has 1 fully saturated rings. The van der Waals surface area contributed by atoms with Gasteiger partial charge < -0.3 is 0 Å². The van der Waals surface area contributed by atoms with Crippen molar-refractivity contribution in [1.29, 1.82) is 0 Å². The minimum atomic E-state index is 0.150. The van der Waals surface area contributed by atoms with Crippen LogP contribution in [0.4, 0.5) is 0 Å². The Kier molecular flexibility index (Phi) is 4.89. The van der Waals surface area contributed by atoms with Gasteiger partial charge in [0, 0.05) is 29.4 Å². The van der Waals surface area contributed by atoms with E-state index in [9.17, 15) is 4.79 Å². The number of ketones is 1. The van der Waals surface area contributed by atoms with E-state index in [0.29, 0.717) is 23.4 Å². The van der Waals surface area contributed by atoms with Crippen LogP contribution < -0.4 is 0 Å². The number of rotatable bonds is 3. The first-order valence-corrected chi connectivity index (χ1v) is 8.69. The largest absolute Gasteiger partial charge is 0.294 e.